The minimum atomic E-state index is -4.43. The Labute approximate surface area is 218 Å². The second kappa shape index (κ2) is 10.5. The molecule has 3 aromatic carbocycles. The minimum absolute atomic E-state index is 0.0200. The molecule has 192 valence electrons. The van der Waals surface area contributed by atoms with Crippen LogP contribution in [0.4, 0.5) is 18.9 Å². The summed E-state index contributed by atoms with van der Waals surface area (Å²) in [6.45, 7) is 1.07. The number of halogens is 3. The van der Waals surface area contributed by atoms with Gasteiger partial charge in [0.05, 0.1) is 12.0 Å². The molecule has 0 saturated carbocycles. The van der Waals surface area contributed by atoms with Crippen molar-refractivity contribution < 1.29 is 22.8 Å². The number of rotatable bonds is 5. The molecule has 0 fully saturated rings. The monoisotopic (exact) mass is 515 g/mol. The summed E-state index contributed by atoms with van der Waals surface area (Å²) in [5, 5.41) is 2.91. The maximum atomic E-state index is 13.2. The van der Waals surface area contributed by atoms with E-state index in [4.69, 9.17) is 0 Å². The Balaban J connectivity index is 1.28. The van der Waals surface area contributed by atoms with Gasteiger partial charge in [0.25, 0.3) is 5.91 Å². The molecular formula is C30H24F3N3O2. The van der Waals surface area contributed by atoms with E-state index in [0.717, 1.165) is 29.0 Å². The summed E-state index contributed by atoms with van der Waals surface area (Å²) in [7, 11) is 0. The molecular weight excluding hydrogens is 491 g/mol. The second-order valence-corrected chi connectivity index (χ2v) is 9.12. The van der Waals surface area contributed by atoms with E-state index in [1.54, 1.807) is 36.5 Å². The number of nitrogens with zero attached hydrogens (tertiary/aromatic N) is 2. The van der Waals surface area contributed by atoms with Gasteiger partial charge in [-0.2, -0.15) is 13.2 Å². The Morgan fingerprint density at radius 2 is 1.66 bits per heavy atom. The molecule has 0 saturated heterocycles. The van der Waals surface area contributed by atoms with Gasteiger partial charge in [-0.05, 0) is 71.1 Å². The number of hydrogen-bond donors (Lipinski definition) is 1. The third kappa shape index (κ3) is 5.59. The lowest BCUT2D eigenvalue weighted by Crippen LogP contribution is -2.37. The van der Waals surface area contributed by atoms with E-state index >= 15 is 0 Å². The van der Waals surface area contributed by atoms with E-state index in [0.29, 0.717) is 41.9 Å². The van der Waals surface area contributed by atoms with Crippen molar-refractivity contribution in [3.8, 4) is 11.1 Å². The lowest BCUT2D eigenvalue weighted by atomic mass is 9.97. The zero-order chi connectivity index (χ0) is 26.7. The maximum absolute atomic E-state index is 13.2. The van der Waals surface area contributed by atoms with Gasteiger partial charge < -0.3 is 10.2 Å². The zero-order valence-electron chi connectivity index (χ0n) is 20.3. The van der Waals surface area contributed by atoms with Gasteiger partial charge in [0.2, 0.25) is 5.91 Å². The normalized spacial score (nSPS) is 13.1. The molecule has 0 radical (unpaired) electrons. The topological polar surface area (TPSA) is 62.3 Å². The Kier molecular flexibility index (Phi) is 6.96. The number of benzene rings is 3. The number of nitrogens with one attached hydrogen (secondary N) is 1. The summed E-state index contributed by atoms with van der Waals surface area (Å²) >= 11 is 0. The number of alkyl halides is 3. The third-order valence-electron chi connectivity index (χ3n) is 6.58. The first-order valence-corrected chi connectivity index (χ1v) is 12.2. The summed E-state index contributed by atoms with van der Waals surface area (Å²) in [5.74, 6) is -0.338. The van der Waals surface area contributed by atoms with Crippen LogP contribution in [-0.2, 0) is 30.4 Å². The molecule has 0 atom stereocenters. The summed E-state index contributed by atoms with van der Waals surface area (Å²) < 4.78 is 38.9. The fraction of sp³-hybridized carbons (Fsp3) is 0.167. The quantitative estimate of drug-likeness (QED) is 0.347. The molecule has 0 aliphatic carbocycles. The Morgan fingerprint density at radius 3 is 2.39 bits per heavy atom. The summed E-state index contributed by atoms with van der Waals surface area (Å²) in [5.41, 5.74) is 4.10. The van der Waals surface area contributed by atoms with E-state index < -0.39 is 11.7 Å². The van der Waals surface area contributed by atoms with Crippen LogP contribution in [0.25, 0.3) is 11.1 Å². The number of anilines is 1. The van der Waals surface area contributed by atoms with E-state index in [1.807, 2.05) is 35.2 Å². The van der Waals surface area contributed by atoms with Gasteiger partial charge >= 0.3 is 6.18 Å². The van der Waals surface area contributed by atoms with Crippen LogP contribution in [0, 0.1) is 0 Å². The molecule has 0 spiro atoms. The molecule has 8 heteroatoms. The highest BCUT2D eigenvalue weighted by molar-refractivity contribution is 6.08. The number of amides is 2. The molecule has 1 aliphatic rings. The van der Waals surface area contributed by atoms with Crippen LogP contribution in [0.3, 0.4) is 0 Å². The van der Waals surface area contributed by atoms with Gasteiger partial charge in [0.1, 0.15) is 0 Å². The molecule has 4 aromatic rings. The van der Waals surface area contributed by atoms with Crippen molar-refractivity contribution in [2.24, 2.45) is 0 Å². The van der Waals surface area contributed by atoms with Crippen molar-refractivity contribution in [3.63, 3.8) is 0 Å². The van der Waals surface area contributed by atoms with Crippen LogP contribution in [0.1, 0.15) is 32.7 Å². The van der Waals surface area contributed by atoms with Crippen LogP contribution in [-0.4, -0.2) is 28.2 Å². The number of aromatic nitrogens is 1. The maximum Gasteiger partial charge on any atom is 0.416 e. The molecule has 2 amide bonds. The zero-order valence-corrected chi connectivity index (χ0v) is 20.3. The Bertz CT molecular complexity index is 1470. The molecule has 2 heterocycles. The SMILES string of the molecule is O=C(Nc1ccc2c(c1)CCN(C(=O)Cc1ccccn1)C2)c1ccccc1-c1ccc(C(F)(F)F)cc1. The third-order valence-corrected chi connectivity index (χ3v) is 6.58. The predicted octanol–water partition coefficient (Wildman–Crippen LogP) is 6.15. The lowest BCUT2D eigenvalue weighted by molar-refractivity contribution is -0.137. The fourth-order valence-corrected chi connectivity index (χ4v) is 4.58. The molecule has 0 unspecified atom stereocenters. The average molecular weight is 516 g/mol. The van der Waals surface area contributed by atoms with Crippen molar-refractivity contribution in [1.29, 1.82) is 0 Å². The highest BCUT2D eigenvalue weighted by Crippen LogP contribution is 2.32. The van der Waals surface area contributed by atoms with Gasteiger partial charge in [-0.3, -0.25) is 14.6 Å². The van der Waals surface area contributed by atoms with Crippen molar-refractivity contribution in [1.82, 2.24) is 9.88 Å². The second-order valence-electron chi connectivity index (χ2n) is 9.12. The van der Waals surface area contributed by atoms with Crippen LogP contribution in [0.15, 0.2) is 91.1 Å². The van der Waals surface area contributed by atoms with Gasteiger partial charge in [0, 0.05) is 36.2 Å². The van der Waals surface area contributed by atoms with Crippen molar-refractivity contribution in [2.45, 2.75) is 25.6 Å². The highest BCUT2D eigenvalue weighted by Gasteiger charge is 2.30. The van der Waals surface area contributed by atoms with Gasteiger partial charge in [-0.1, -0.05) is 42.5 Å². The number of carbonyl (C=O) groups is 2. The van der Waals surface area contributed by atoms with Crippen molar-refractivity contribution >= 4 is 17.5 Å². The van der Waals surface area contributed by atoms with Gasteiger partial charge in [0.15, 0.2) is 0 Å². The minimum Gasteiger partial charge on any atom is -0.338 e. The molecule has 38 heavy (non-hydrogen) atoms. The van der Waals surface area contributed by atoms with E-state index in [9.17, 15) is 22.8 Å². The van der Waals surface area contributed by atoms with Crippen molar-refractivity contribution in [3.05, 3.63) is 119 Å². The summed E-state index contributed by atoms with van der Waals surface area (Å²) in [6, 6.07) is 22.7. The Morgan fingerprint density at radius 1 is 0.895 bits per heavy atom. The number of carbonyl (C=O) groups excluding carboxylic acids is 2. The van der Waals surface area contributed by atoms with E-state index in [2.05, 4.69) is 10.3 Å². The number of hydrogen-bond acceptors (Lipinski definition) is 3. The van der Waals surface area contributed by atoms with E-state index in [-0.39, 0.29) is 18.2 Å². The van der Waals surface area contributed by atoms with Crippen LogP contribution in [0.2, 0.25) is 0 Å². The summed E-state index contributed by atoms with van der Waals surface area (Å²) in [4.78, 5) is 31.9. The van der Waals surface area contributed by atoms with Crippen LogP contribution in [0.5, 0.6) is 0 Å². The van der Waals surface area contributed by atoms with Gasteiger partial charge in [-0.15, -0.1) is 0 Å². The molecule has 1 aromatic heterocycles. The molecule has 5 rings (SSSR count). The first-order valence-electron chi connectivity index (χ1n) is 12.2. The van der Waals surface area contributed by atoms with E-state index in [1.165, 1.54) is 12.1 Å². The smallest absolute Gasteiger partial charge is 0.338 e. The van der Waals surface area contributed by atoms with Crippen molar-refractivity contribution in [2.75, 3.05) is 11.9 Å². The fourth-order valence-electron chi connectivity index (χ4n) is 4.58. The van der Waals surface area contributed by atoms with Gasteiger partial charge in [-0.25, -0.2) is 0 Å². The first kappa shape index (κ1) is 25.2. The average Bonchev–Trinajstić information content (AvgIpc) is 2.93. The Hall–Kier alpha value is -4.46. The van der Waals surface area contributed by atoms with Crippen LogP contribution >= 0.6 is 0 Å². The molecule has 1 N–H and O–H groups in total. The lowest BCUT2D eigenvalue weighted by Gasteiger charge is -2.29. The first-order chi connectivity index (χ1) is 18.3. The summed E-state index contributed by atoms with van der Waals surface area (Å²) in [6.07, 6.45) is -1.84. The molecule has 5 nitrogen and oxygen atoms in total. The van der Waals surface area contributed by atoms with Crippen LogP contribution < -0.4 is 5.32 Å². The molecule has 0 bridgehead atoms. The number of pyridine rings is 1. The number of fused-ring (bicyclic) bond motifs is 1. The highest BCUT2D eigenvalue weighted by atomic mass is 19.4. The predicted molar refractivity (Wildman–Crippen MR) is 138 cm³/mol. The molecule has 1 aliphatic heterocycles. The standard InChI is InChI=1S/C30H24F3N3O2/c31-30(32,33)23-11-8-20(9-12-23)26-6-1-2-7-27(26)29(38)35-25-13-10-22-19-36(16-14-21(22)17-25)28(37)18-24-5-3-4-15-34-24/h1-13,15,17H,14,16,18-19H2,(H,35,38). The largest absolute Gasteiger partial charge is 0.416 e.